The third-order valence-corrected chi connectivity index (χ3v) is 5.90. The number of nitrogens with one attached hydrogen (secondary N) is 1. The Bertz CT molecular complexity index is 672. The Kier molecular flexibility index (Phi) is 8.86. The molecule has 0 saturated carbocycles. The van der Waals surface area contributed by atoms with Crippen molar-refractivity contribution in [1.29, 1.82) is 0 Å². The van der Waals surface area contributed by atoms with Crippen molar-refractivity contribution in [3.05, 3.63) is 35.9 Å². The van der Waals surface area contributed by atoms with Crippen molar-refractivity contribution in [3.8, 4) is 0 Å². The second kappa shape index (κ2) is 10.2. The van der Waals surface area contributed by atoms with Crippen molar-refractivity contribution in [1.82, 2.24) is 5.32 Å². The van der Waals surface area contributed by atoms with Gasteiger partial charge in [-0.3, -0.25) is 9.56 Å². The molecule has 0 aromatic heterocycles. The Morgan fingerprint density at radius 2 is 1.57 bits per heavy atom. The quantitative estimate of drug-likeness (QED) is 0.438. The fraction of sp³-hybridized carbons (Fsp3) is 0.600. The average molecular weight is 412 g/mol. The van der Waals surface area contributed by atoms with Crippen LogP contribution >= 0.6 is 7.60 Å². The number of carbonyl (C=O) groups is 1. The maximum Gasteiger partial charge on any atom is 0.408 e. The number of rotatable bonds is 9. The van der Waals surface area contributed by atoms with Crippen LogP contribution in [-0.4, -0.2) is 36.4 Å². The highest BCUT2D eigenvalue weighted by Crippen LogP contribution is 2.59. The fourth-order valence-electron chi connectivity index (χ4n) is 2.55. The van der Waals surface area contributed by atoms with Crippen molar-refractivity contribution in [2.45, 2.75) is 78.1 Å². The third-order valence-electron chi connectivity index (χ3n) is 3.36. The van der Waals surface area contributed by atoms with Crippen LogP contribution in [0.4, 0.5) is 4.79 Å². The predicted molar refractivity (Wildman–Crippen MR) is 112 cm³/mol. The summed E-state index contributed by atoms with van der Waals surface area (Å²) >= 11 is 0. The summed E-state index contributed by atoms with van der Waals surface area (Å²) in [6.07, 6.45) is -1.39. The summed E-state index contributed by atoms with van der Waals surface area (Å²) in [6.45, 7) is 15.9. The lowest BCUT2D eigenvalue weighted by Gasteiger charge is -2.33. The van der Waals surface area contributed by atoms with E-state index < -0.39 is 31.1 Å². The van der Waals surface area contributed by atoms with Crippen LogP contribution in [0.1, 0.15) is 60.1 Å². The summed E-state index contributed by atoms with van der Waals surface area (Å²) in [7, 11) is -3.77. The number of hydrogen-bond donors (Lipinski definition) is 1. The minimum Gasteiger partial charge on any atom is -0.444 e. The molecule has 0 aliphatic heterocycles. The normalized spacial score (nSPS) is 14.6. The van der Waals surface area contributed by atoms with Crippen molar-refractivity contribution in [3.63, 3.8) is 0 Å². The van der Waals surface area contributed by atoms with Crippen LogP contribution in [0.5, 0.6) is 0 Å². The number of benzene rings is 1. The number of amides is 1. The summed E-state index contributed by atoms with van der Waals surface area (Å²) in [6, 6.07) is 8.27. The molecule has 0 radical (unpaired) electrons. The molecule has 0 fully saturated rings. The summed E-state index contributed by atoms with van der Waals surface area (Å²) in [5, 5.41) is 2.77. The van der Waals surface area contributed by atoms with Gasteiger partial charge in [0.25, 0.3) is 0 Å². The summed E-state index contributed by atoms with van der Waals surface area (Å²) in [5.41, 5.74) is 0.000301. The molecule has 8 heteroatoms. The van der Waals surface area contributed by atoms with E-state index in [-0.39, 0.29) is 12.2 Å². The van der Waals surface area contributed by atoms with Gasteiger partial charge in [-0.25, -0.2) is 4.79 Å². The Hall–Kier alpha value is -1.69. The smallest absolute Gasteiger partial charge is 0.408 e. The number of nitrogens with zero attached hydrogens (tertiary/aromatic N) is 1. The van der Waals surface area contributed by atoms with E-state index in [1.807, 2.05) is 18.2 Å². The molecule has 0 heterocycles. The zero-order valence-corrected chi connectivity index (χ0v) is 18.7. The molecule has 0 aliphatic carbocycles. The number of carbonyl (C=O) groups excluding carboxylic acids is 1. The van der Waals surface area contributed by atoms with Crippen LogP contribution in [0.3, 0.4) is 0 Å². The van der Waals surface area contributed by atoms with Gasteiger partial charge < -0.3 is 19.1 Å². The van der Waals surface area contributed by atoms with E-state index in [0.29, 0.717) is 5.56 Å². The van der Waals surface area contributed by atoms with E-state index >= 15 is 0 Å². The second-order valence-corrected chi connectivity index (χ2v) is 10.0. The van der Waals surface area contributed by atoms with Gasteiger partial charge in [-0.1, -0.05) is 30.3 Å². The standard InChI is InChI=1S/C20H33N2O5P/c1-14(2)26-28(24,27-15(3)4)18(21-8)17(16-12-10-9-11-13-16)22-19(23)25-20(5,6)7/h9-15,17-18H,8H2,1-7H3,(H,22,23). The minimum absolute atomic E-state index is 0.369. The van der Waals surface area contributed by atoms with Gasteiger partial charge in [0.2, 0.25) is 0 Å². The Balaban J connectivity index is 3.36. The molecule has 1 amide bonds. The predicted octanol–water partition coefficient (Wildman–Crippen LogP) is 5.32. The first-order valence-corrected chi connectivity index (χ1v) is 11.0. The highest BCUT2D eigenvalue weighted by atomic mass is 31.2. The van der Waals surface area contributed by atoms with Crippen LogP contribution in [0, 0.1) is 0 Å². The number of alkyl carbamates (subject to hydrolysis) is 1. The van der Waals surface area contributed by atoms with Crippen LogP contribution in [0.2, 0.25) is 0 Å². The lowest BCUT2D eigenvalue weighted by atomic mass is 10.1. The zero-order chi connectivity index (χ0) is 21.5. The first kappa shape index (κ1) is 24.3. The SMILES string of the molecule is C=NC(C(NC(=O)OC(C)(C)C)c1ccccc1)P(=O)(OC(C)C)OC(C)C. The van der Waals surface area contributed by atoms with Crippen LogP contribution < -0.4 is 5.32 Å². The molecule has 0 bridgehead atoms. The highest BCUT2D eigenvalue weighted by Gasteiger charge is 2.44. The van der Waals surface area contributed by atoms with Gasteiger partial charge in [-0.15, -0.1) is 0 Å². The van der Waals surface area contributed by atoms with Crippen LogP contribution in [0.25, 0.3) is 0 Å². The van der Waals surface area contributed by atoms with Crippen molar-refractivity contribution in [2.75, 3.05) is 0 Å². The van der Waals surface area contributed by atoms with Gasteiger partial charge in [-0.05, 0) is 60.7 Å². The molecule has 7 nitrogen and oxygen atoms in total. The zero-order valence-electron chi connectivity index (χ0n) is 17.8. The van der Waals surface area contributed by atoms with Crippen LogP contribution in [-0.2, 0) is 18.3 Å². The minimum atomic E-state index is -3.77. The second-order valence-electron chi connectivity index (χ2n) is 7.98. The molecule has 158 valence electrons. The molecule has 28 heavy (non-hydrogen) atoms. The molecule has 1 aromatic carbocycles. The van der Waals surface area contributed by atoms with E-state index in [2.05, 4.69) is 17.0 Å². The molecule has 1 rings (SSSR count). The van der Waals surface area contributed by atoms with Gasteiger partial charge in [0.1, 0.15) is 5.60 Å². The summed E-state index contributed by atoms with van der Waals surface area (Å²) in [5.74, 6) is -1.05. The third kappa shape index (κ3) is 7.74. The molecular formula is C20H33N2O5P. The van der Waals surface area contributed by atoms with Gasteiger partial charge in [0, 0.05) is 0 Å². The molecule has 1 aromatic rings. The topological polar surface area (TPSA) is 86.2 Å². The molecule has 1 N–H and O–H groups in total. The van der Waals surface area contributed by atoms with E-state index in [1.165, 1.54) is 0 Å². The largest absolute Gasteiger partial charge is 0.444 e. The molecule has 0 aliphatic rings. The van der Waals surface area contributed by atoms with Crippen molar-refractivity contribution >= 4 is 20.4 Å². The van der Waals surface area contributed by atoms with Crippen LogP contribution in [0.15, 0.2) is 35.3 Å². The number of aliphatic imine (C=N–C) groups is 1. The maximum atomic E-state index is 13.7. The fourth-order valence-corrected chi connectivity index (χ4v) is 4.84. The Morgan fingerprint density at radius 3 is 1.96 bits per heavy atom. The molecular weight excluding hydrogens is 379 g/mol. The summed E-state index contributed by atoms with van der Waals surface area (Å²) in [4.78, 5) is 16.5. The van der Waals surface area contributed by atoms with E-state index in [4.69, 9.17) is 13.8 Å². The Labute approximate surface area is 168 Å². The van der Waals surface area contributed by atoms with Gasteiger partial charge in [0.05, 0.1) is 18.2 Å². The molecule has 0 saturated heterocycles. The highest BCUT2D eigenvalue weighted by molar-refractivity contribution is 7.54. The lowest BCUT2D eigenvalue weighted by Crippen LogP contribution is -2.40. The first-order valence-electron chi connectivity index (χ1n) is 9.34. The maximum absolute atomic E-state index is 13.7. The lowest BCUT2D eigenvalue weighted by molar-refractivity contribution is 0.0498. The van der Waals surface area contributed by atoms with E-state index in [9.17, 15) is 9.36 Å². The van der Waals surface area contributed by atoms with Gasteiger partial charge >= 0.3 is 13.7 Å². The molecule has 0 spiro atoms. The van der Waals surface area contributed by atoms with Gasteiger partial charge in [0.15, 0.2) is 5.78 Å². The van der Waals surface area contributed by atoms with Gasteiger partial charge in [-0.2, -0.15) is 0 Å². The number of hydrogen-bond acceptors (Lipinski definition) is 6. The molecule has 2 unspecified atom stereocenters. The summed E-state index contributed by atoms with van der Waals surface area (Å²) < 4.78 is 30.4. The first-order chi connectivity index (χ1) is 12.9. The number of ether oxygens (including phenoxy) is 1. The molecule has 2 atom stereocenters. The monoisotopic (exact) mass is 412 g/mol. The van der Waals surface area contributed by atoms with E-state index in [0.717, 1.165) is 0 Å². The van der Waals surface area contributed by atoms with Crippen molar-refractivity contribution in [2.24, 2.45) is 4.99 Å². The van der Waals surface area contributed by atoms with Crippen molar-refractivity contribution < 1.29 is 23.1 Å². The Morgan fingerprint density at radius 1 is 1.07 bits per heavy atom. The average Bonchev–Trinajstić information content (AvgIpc) is 2.51. The van der Waals surface area contributed by atoms with E-state index in [1.54, 1.807) is 60.6 Å².